The topological polar surface area (TPSA) is 105 Å². The van der Waals surface area contributed by atoms with Crippen molar-refractivity contribution in [3.63, 3.8) is 0 Å². The van der Waals surface area contributed by atoms with Crippen molar-refractivity contribution in [3.05, 3.63) is 42.0 Å². The van der Waals surface area contributed by atoms with Gasteiger partial charge in [-0.1, -0.05) is 30.3 Å². The molecule has 0 radical (unpaired) electrons. The highest BCUT2D eigenvalue weighted by Crippen LogP contribution is 2.37. The zero-order chi connectivity index (χ0) is 13.4. The van der Waals surface area contributed by atoms with Crippen LogP contribution in [0.4, 0.5) is 11.5 Å². The first kappa shape index (κ1) is 11.1. The highest BCUT2D eigenvalue weighted by atomic mass is 15.1. The van der Waals surface area contributed by atoms with Crippen molar-refractivity contribution >= 4 is 22.4 Å². The number of nitriles is 1. The largest absolute Gasteiger partial charge is 0.398 e. The van der Waals surface area contributed by atoms with Crippen LogP contribution in [-0.4, -0.2) is 10.2 Å². The third-order valence-corrected chi connectivity index (χ3v) is 3.09. The first-order valence-electron chi connectivity index (χ1n) is 5.74. The Bertz CT molecular complexity index is 796. The van der Waals surface area contributed by atoms with Crippen LogP contribution in [0.5, 0.6) is 0 Å². The van der Waals surface area contributed by atoms with E-state index >= 15 is 0 Å². The minimum absolute atomic E-state index is 0.366. The van der Waals surface area contributed by atoms with Crippen LogP contribution in [0.25, 0.3) is 22.0 Å². The van der Waals surface area contributed by atoms with Gasteiger partial charge in [-0.25, -0.2) is 0 Å². The molecule has 0 unspecified atom stereocenters. The maximum atomic E-state index is 9.35. The Morgan fingerprint density at radius 2 is 1.89 bits per heavy atom. The zero-order valence-corrected chi connectivity index (χ0v) is 10.0. The zero-order valence-electron chi connectivity index (χ0n) is 10.0. The molecule has 0 amide bonds. The molecule has 0 spiro atoms. The maximum Gasteiger partial charge on any atom is 0.153 e. The molecule has 1 heterocycles. The smallest absolute Gasteiger partial charge is 0.153 e. The molecule has 0 aliphatic heterocycles. The van der Waals surface area contributed by atoms with Gasteiger partial charge in [-0.05, 0) is 11.6 Å². The molecule has 92 valence electrons. The number of nitrogens with one attached hydrogen (secondary N) is 1. The quantitative estimate of drug-likeness (QED) is 0.575. The summed E-state index contributed by atoms with van der Waals surface area (Å²) >= 11 is 0. The summed E-state index contributed by atoms with van der Waals surface area (Å²) in [6.45, 7) is 0. The number of nitrogens with zero attached hydrogens (tertiary/aromatic N) is 2. The number of benzene rings is 2. The Morgan fingerprint density at radius 1 is 1.16 bits per heavy atom. The van der Waals surface area contributed by atoms with E-state index in [1.807, 2.05) is 30.3 Å². The van der Waals surface area contributed by atoms with Crippen LogP contribution in [0.15, 0.2) is 36.4 Å². The van der Waals surface area contributed by atoms with E-state index in [9.17, 15) is 5.26 Å². The predicted octanol–water partition coefficient (Wildman–Crippen LogP) is 2.27. The van der Waals surface area contributed by atoms with Gasteiger partial charge in [0.15, 0.2) is 5.82 Å². The first-order valence-corrected chi connectivity index (χ1v) is 5.74. The molecular weight excluding hydrogens is 238 g/mol. The van der Waals surface area contributed by atoms with Crippen molar-refractivity contribution in [2.45, 2.75) is 0 Å². The number of fused-ring (bicyclic) bond motifs is 1. The van der Waals surface area contributed by atoms with Gasteiger partial charge in [-0.15, -0.1) is 0 Å². The summed E-state index contributed by atoms with van der Waals surface area (Å²) in [7, 11) is 0. The van der Waals surface area contributed by atoms with Gasteiger partial charge in [-0.3, -0.25) is 5.10 Å². The third kappa shape index (κ3) is 1.58. The van der Waals surface area contributed by atoms with Gasteiger partial charge < -0.3 is 11.5 Å². The fourth-order valence-corrected chi connectivity index (χ4v) is 2.25. The van der Waals surface area contributed by atoms with E-state index in [2.05, 4.69) is 16.3 Å². The van der Waals surface area contributed by atoms with Crippen LogP contribution in [-0.2, 0) is 0 Å². The van der Waals surface area contributed by atoms with E-state index in [1.54, 1.807) is 6.07 Å². The predicted molar refractivity (Wildman–Crippen MR) is 75.1 cm³/mol. The molecule has 0 bridgehead atoms. The minimum Gasteiger partial charge on any atom is -0.398 e. The van der Waals surface area contributed by atoms with Crippen LogP contribution >= 0.6 is 0 Å². The Hall–Kier alpha value is -3.00. The number of nitrogens with two attached hydrogens (primary N) is 2. The fourth-order valence-electron chi connectivity index (χ4n) is 2.25. The SMILES string of the molecule is N#Cc1c(N)cc2[nH]nc(N)c2c1-c1ccccc1. The molecule has 2 aromatic carbocycles. The monoisotopic (exact) mass is 249 g/mol. The van der Waals surface area contributed by atoms with Gasteiger partial charge >= 0.3 is 0 Å². The van der Waals surface area contributed by atoms with E-state index in [0.717, 1.165) is 22.0 Å². The molecule has 0 saturated heterocycles. The molecule has 0 atom stereocenters. The Kier molecular flexibility index (Phi) is 2.36. The van der Waals surface area contributed by atoms with Crippen molar-refractivity contribution < 1.29 is 0 Å². The number of hydrogen-bond donors (Lipinski definition) is 3. The minimum atomic E-state index is 0.366. The van der Waals surface area contributed by atoms with Crippen LogP contribution in [0.2, 0.25) is 0 Å². The number of H-pyrrole nitrogens is 1. The van der Waals surface area contributed by atoms with E-state index in [4.69, 9.17) is 11.5 Å². The number of aromatic nitrogens is 2. The highest BCUT2D eigenvalue weighted by molar-refractivity contribution is 6.06. The van der Waals surface area contributed by atoms with Gasteiger partial charge in [-0.2, -0.15) is 10.4 Å². The van der Waals surface area contributed by atoms with E-state index in [1.165, 1.54) is 0 Å². The van der Waals surface area contributed by atoms with E-state index < -0.39 is 0 Å². The average molecular weight is 249 g/mol. The van der Waals surface area contributed by atoms with Crippen LogP contribution in [0, 0.1) is 11.3 Å². The fraction of sp³-hybridized carbons (Fsp3) is 0. The molecule has 1 aromatic heterocycles. The Balaban J connectivity index is 2.51. The molecule has 0 aliphatic rings. The standard InChI is InChI=1S/C14H11N5/c15-7-9-10(16)6-11-13(14(17)19-18-11)12(9)8-4-2-1-3-5-8/h1-6H,16H2,(H3,17,18,19). The summed E-state index contributed by atoms with van der Waals surface area (Å²) in [5.74, 6) is 0.366. The second kappa shape index (κ2) is 4.03. The number of nitrogen functional groups attached to an aromatic ring is 2. The van der Waals surface area contributed by atoms with E-state index in [0.29, 0.717) is 17.1 Å². The number of anilines is 2. The second-order valence-electron chi connectivity index (χ2n) is 4.23. The third-order valence-electron chi connectivity index (χ3n) is 3.09. The van der Waals surface area contributed by atoms with Crippen LogP contribution in [0.3, 0.4) is 0 Å². The first-order chi connectivity index (χ1) is 9.22. The molecule has 5 heteroatoms. The normalized spacial score (nSPS) is 10.5. The van der Waals surface area contributed by atoms with Crippen molar-refractivity contribution in [1.29, 1.82) is 5.26 Å². The van der Waals surface area contributed by atoms with E-state index in [-0.39, 0.29) is 0 Å². The van der Waals surface area contributed by atoms with Crippen molar-refractivity contribution in [3.8, 4) is 17.2 Å². The van der Waals surface area contributed by atoms with Crippen LogP contribution in [0.1, 0.15) is 5.56 Å². The summed E-state index contributed by atoms with van der Waals surface area (Å²) in [6.07, 6.45) is 0. The number of hydrogen-bond acceptors (Lipinski definition) is 4. The van der Waals surface area contributed by atoms with Gasteiger partial charge in [0.1, 0.15) is 6.07 Å². The lowest BCUT2D eigenvalue weighted by molar-refractivity contribution is 1.13. The van der Waals surface area contributed by atoms with Gasteiger partial charge in [0, 0.05) is 5.56 Å². The number of rotatable bonds is 1. The van der Waals surface area contributed by atoms with Crippen molar-refractivity contribution in [2.24, 2.45) is 0 Å². The summed E-state index contributed by atoms with van der Waals surface area (Å²) in [4.78, 5) is 0. The average Bonchev–Trinajstić information content (AvgIpc) is 2.79. The van der Waals surface area contributed by atoms with Crippen molar-refractivity contribution in [2.75, 3.05) is 11.5 Å². The molecule has 5 nitrogen and oxygen atoms in total. The Labute approximate surface area is 109 Å². The molecule has 0 aliphatic carbocycles. The molecular formula is C14H11N5. The molecule has 3 rings (SSSR count). The highest BCUT2D eigenvalue weighted by Gasteiger charge is 2.17. The Morgan fingerprint density at radius 3 is 2.58 bits per heavy atom. The maximum absolute atomic E-state index is 9.35. The summed E-state index contributed by atoms with van der Waals surface area (Å²) < 4.78 is 0. The van der Waals surface area contributed by atoms with Crippen LogP contribution < -0.4 is 11.5 Å². The lowest BCUT2D eigenvalue weighted by Crippen LogP contribution is -1.96. The lowest BCUT2D eigenvalue weighted by atomic mass is 9.95. The van der Waals surface area contributed by atoms with Gasteiger partial charge in [0.25, 0.3) is 0 Å². The second-order valence-corrected chi connectivity index (χ2v) is 4.23. The van der Waals surface area contributed by atoms with Gasteiger partial charge in [0.2, 0.25) is 0 Å². The van der Waals surface area contributed by atoms with Gasteiger partial charge in [0.05, 0.1) is 22.2 Å². The summed E-state index contributed by atoms with van der Waals surface area (Å²) in [6, 6.07) is 13.4. The molecule has 3 aromatic rings. The molecule has 0 fully saturated rings. The lowest BCUT2D eigenvalue weighted by Gasteiger charge is -2.09. The summed E-state index contributed by atoms with van der Waals surface area (Å²) in [5, 5.41) is 16.9. The number of aromatic amines is 1. The van der Waals surface area contributed by atoms with Crippen molar-refractivity contribution in [1.82, 2.24) is 10.2 Å². The molecule has 5 N–H and O–H groups in total. The molecule has 0 saturated carbocycles. The summed E-state index contributed by atoms with van der Waals surface area (Å²) in [5.41, 5.74) is 15.0. The molecule has 19 heavy (non-hydrogen) atoms.